The van der Waals surface area contributed by atoms with E-state index < -0.39 is 66.8 Å². The molecule has 12 heteroatoms. The van der Waals surface area contributed by atoms with Gasteiger partial charge in [-0.3, -0.25) is 23.7 Å². The highest BCUT2D eigenvalue weighted by molar-refractivity contribution is 7.59. The van der Waals surface area contributed by atoms with Crippen molar-refractivity contribution in [1.82, 2.24) is 15.5 Å². The molecule has 10 nitrogen and oxygen atoms in total. The monoisotopic (exact) mass is 620 g/mol. The summed E-state index contributed by atoms with van der Waals surface area (Å²) in [5.41, 5.74) is 6.74. The highest BCUT2D eigenvalue weighted by Gasteiger charge is 2.44. The van der Waals surface area contributed by atoms with Crippen LogP contribution in [0.4, 0.5) is 4.39 Å². The SMILES string of the molecule is CC1CN([C@@H](C/C=C/c2ccccc2)C(N)=O)C(=O)[C@H]1NC(=O)CP(=O)(O)C(NC(=O)c1cccc(F)c1)c1ccccc1. The van der Waals surface area contributed by atoms with Crippen molar-refractivity contribution in [2.45, 2.75) is 31.2 Å². The molecular formula is C32H34FN4O6P. The van der Waals surface area contributed by atoms with Crippen molar-refractivity contribution in [3.05, 3.63) is 114 Å². The molecule has 1 fully saturated rings. The molecule has 1 aliphatic rings. The van der Waals surface area contributed by atoms with E-state index in [9.17, 15) is 33.0 Å². The Morgan fingerprint density at radius 3 is 2.36 bits per heavy atom. The van der Waals surface area contributed by atoms with Crippen molar-refractivity contribution in [2.75, 3.05) is 12.7 Å². The lowest BCUT2D eigenvalue weighted by molar-refractivity contribution is -0.138. The minimum absolute atomic E-state index is 0.0662. The third-order valence-electron chi connectivity index (χ3n) is 7.34. The number of halogens is 1. The van der Waals surface area contributed by atoms with E-state index in [1.54, 1.807) is 31.2 Å². The molecule has 5 atom stereocenters. The third kappa shape index (κ3) is 8.06. The van der Waals surface area contributed by atoms with Crippen LogP contribution in [-0.4, -0.2) is 58.2 Å². The van der Waals surface area contributed by atoms with E-state index in [4.69, 9.17) is 5.73 Å². The average molecular weight is 621 g/mol. The average Bonchev–Trinajstić information content (AvgIpc) is 3.26. The van der Waals surface area contributed by atoms with Gasteiger partial charge >= 0.3 is 0 Å². The minimum Gasteiger partial charge on any atom is -0.368 e. The van der Waals surface area contributed by atoms with Gasteiger partial charge in [0.25, 0.3) is 5.91 Å². The van der Waals surface area contributed by atoms with Gasteiger partial charge in [-0.25, -0.2) is 4.39 Å². The van der Waals surface area contributed by atoms with Crippen molar-refractivity contribution in [3.8, 4) is 0 Å². The number of nitrogens with zero attached hydrogens (tertiary/aromatic N) is 1. The summed E-state index contributed by atoms with van der Waals surface area (Å²) in [6, 6.07) is 20.2. The van der Waals surface area contributed by atoms with Crippen molar-refractivity contribution in [2.24, 2.45) is 11.7 Å². The predicted octanol–water partition coefficient (Wildman–Crippen LogP) is 3.45. The summed E-state index contributed by atoms with van der Waals surface area (Å²) in [7, 11) is -4.50. The third-order valence-corrected chi connectivity index (χ3v) is 9.31. The molecule has 0 radical (unpaired) electrons. The first kappa shape index (κ1) is 32.3. The van der Waals surface area contributed by atoms with E-state index in [1.807, 2.05) is 36.4 Å². The molecule has 1 aliphatic heterocycles. The fourth-order valence-electron chi connectivity index (χ4n) is 5.11. The van der Waals surface area contributed by atoms with Gasteiger partial charge in [-0.1, -0.05) is 85.8 Å². The molecular weight excluding hydrogens is 586 g/mol. The van der Waals surface area contributed by atoms with Gasteiger partial charge in [0.05, 0.1) is 0 Å². The summed E-state index contributed by atoms with van der Waals surface area (Å²) >= 11 is 0. The van der Waals surface area contributed by atoms with E-state index in [0.717, 1.165) is 17.7 Å². The second kappa shape index (κ2) is 14.2. The molecule has 0 aromatic heterocycles. The quantitative estimate of drug-likeness (QED) is 0.227. The van der Waals surface area contributed by atoms with Gasteiger partial charge in [0, 0.05) is 18.0 Å². The Balaban J connectivity index is 1.45. The predicted molar refractivity (Wildman–Crippen MR) is 164 cm³/mol. The molecule has 1 saturated heterocycles. The maximum Gasteiger partial charge on any atom is 0.252 e. The van der Waals surface area contributed by atoms with Crippen molar-refractivity contribution in [3.63, 3.8) is 0 Å². The second-order valence-electron chi connectivity index (χ2n) is 10.7. The first-order valence-corrected chi connectivity index (χ1v) is 15.9. The zero-order valence-corrected chi connectivity index (χ0v) is 24.9. The van der Waals surface area contributed by atoms with Crippen LogP contribution in [0.3, 0.4) is 0 Å². The van der Waals surface area contributed by atoms with Crippen LogP contribution in [0.1, 0.15) is 40.6 Å². The van der Waals surface area contributed by atoms with Gasteiger partial charge in [-0.15, -0.1) is 0 Å². The number of rotatable bonds is 12. The summed E-state index contributed by atoms with van der Waals surface area (Å²) in [5, 5.41) is 5.01. The Kier molecular flexibility index (Phi) is 10.5. The maximum atomic E-state index is 13.7. The number of hydrogen-bond acceptors (Lipinski definition) is 5. The lowest BCUT2D eigenvalue weighted by Gasteiger charge is -2.26. The van der Waals surface area contributed by atoms with Gasteiger partial charge in [0.15, 0.2) is 0 Å². The second-order valence-corrected chi connectivity index (χ2v) is 13.0. The normalized spacial score (nSPS) is 19.2. The van der Waals surface area contributed by atoms with Crippen LogP contribution >= 0.6 is 7.37 Å². The van der Waals surface area contributed by atoms with Gasteiger partial charge < -0.3 is 26.2 Å². The van der Waals surface area contributed by atoms with E-state index in [1.165, 1.54) is 29.2 Å². The van der Waals surface area contributed by atoms with E-state index >= 15 is 0 Å². The summed E-state index contributed by atoms with van der Waals surface area (Å²) in [6.45, 7) is 1.86. The molecule has 5 N–H and O–H groups in total. The van der Waals surface area contributed by atoms with Crippen LogP contribution in [-0.2, 0) is 18.9 Å². The van der Waals surface area contributed by atoms with Crippen LogP contribution in [0.5, 0.6) is 0 Å². The Hall–Kier alpha value is -4.60. The summed E-state index contributed by atoms with van der Waals surface area (Å²) < 4.78 is 27.3. The summed E-state index contributed by atoms with van der Waals surface area (Å²) in [4.78, 5) is 64.0. The number of primary amides is 1. The molecule has 3 aromatic rings. The number of nitrogens with two attached hydrogens (primary N) is 1. The van der Waals surface area contributed by atoms with Crippen LogP contribution in [0.25, 0.3) is 6.08 Å². The van der Waals surface area contributed by atoms with E-state index in [0.29, 0.717) is 0 Å². The topological polar surface area (TPSA) is 159 Å². The Morgan fingerprint density at radius 1 is 1.07 bits per heavy atom. The van der Waals surface area contributed by atoms with E-state index in [2.05, 4.69) is 10.6 Å². The number of carbonyl (C=O) groups is 4. The highest BCUT2D eigenvalue weighted by atomic mass is 31.2. The molecule has 0 saturated carbocycles. The van der Waals surface area contributed by atoms with Crippen molar-refractivity contribution in [1.29, 1.82) is 0 Å². The lowest BCUT2D eigenvalue weighted by Crippen LogP contribution is -2.49. The lowest BCUT2D eigenvalue weighted by atomic mass is 10.1. The first-order chi connectivity index (χ1) is 21.0. The molecule has 0 aliphatic carbocycles. The molecule has 4 amide bonds. The fraction of sp³-hybridized carbons (Fsp3) is 0.250. The molecule has 230 valence electrons. The first-order valence-electron chi connectivity index (χ1n) is 14.0. The van der Waals surface area contributed by atoms with Gasteiger partial charge in [-0.2, -0.15) is 0 Å². The smallest absolute Gasteiger partial charge is 0.252 e. The number of carbonyl (C=O) groups excluding carboxylic acids is 4. The van der Waals surface area contributed by atoms with Crippen LogP contribution < -0.4 is 16.4 Å². The minimum atomic E-state index is -4.50. The van der Waals surface area contributed by atoms with Gasteiger partial charge in [-0.05, 0) is 35.7 Å². The molecule has 3 aromatic carbocycles. The summed E-state index contributed by atoms with van der Waals surface area (Å²) in [6.07, 6.45) is 2.82. The number of benzene rings is 3. The fourth-order valence-corrected chi connectivity index (χ4v) is 6.75. The van der Waals surface area contributed by atoms with Crippen LogP contribution in [0.15, 0.2) is 91.0 Å². The van der Waals surface area contributed by atoms with Crippen molar-refractivity contribution < 1.29 is 33.0 Å². The van der Waals surface area contributed by atoms with Crippen LogP contribution in [0, 0.1) is 11.7 Å². The molecule has 0 spiro atoms. The van der Waals surface area contributed by atoms with Gasteiger partial charge in [0.2, 0.25) is 25.1 Å². The largest absolute Gasteiger partial charge is 0.368 e. The Morgan fingerprint density at radius 2 is 1.73 bits per heavy atom. The summed E-state index contributed by atoms with van der Waals surface area (Å²) in [5.74, 6) is -5.50. The highest BCUT2D eigenvalue weighted by Crippen LogP contribution is 2.53. The standard InChI is InChI=1S/C32H34FN4O6P/c1-21-19-37(26(29(34)39)17-8-12-22-10-4-2-5-11-22)32(41)28(21)35-27(38)20-44(42,43)31(23-13-6-3-7-14-23)36-30(40)24-15-9-16-25(33)18-24/h2-16,18,21,26,28,31H,17,19-20H2,1H3,(H2,34,39)(H,35,38)(H,36,40)(H,42,43)/b12-8+/t21?,26-,28-,31?/m0/s1. The number of nitrogens with one attached hydrogen (secondary N) is 2. The maximum absolute atomic E-state index is 13.7. The number of amides is 4. The molecule has 3 unspecified atom stereocenters. The molecule has 44 heavy (non-hydrogen) atoms. The molecule has 1 heterocycles. The Labute approximate surface area is 254 Å². The number of likely N-dealkylation sites (tertiary alicyclic amines) is 1. The number of hydrogen-bond donors (Lipinski definition) is 4. The van der Waals surface area contributed by atoms with E-state index in [-0.39, 0.29) is 24.1 Å². The van der Waals surface area contributed by atoms with Crippen LogP contribution in [0.2, 0.25) is 0 Å². The molecule has 4 rings (SSSR count). The Bertz CT molecular complexity index is 1590. The van der Waals surface area contributed by atoms with Gasteiger partial charge in [0.1, 0.15) is 29.8 Å². The molecule has 0 bridgehead atoms. The zero-order valence-electron chi connectivity index (χ0n) is 24.0. The van der Waals surface area contributed by atoms with Crippen molar-refractivity contribution >= 4 is 37.1 Å². The zero-order chi connectivity index (χ0) is 31.9.